The molecule has 5 heteroatoms. The zero-order valence-electron chi connectivity index (χ0n) is 11.1. The summed E-state index contributed by atoms with van der Waals surface area (Å²) in [6, 6.07) is 9.11. The van der Waals surface area contributed by atoms with Crippen molar-refractivity contribution in [3.63, 3.8) is 0 Å². The van der Waals surface area contributed by atoms with Gasteiger partial charge < -0.3 is 14.1 Å². The molecule has 3 rings (SSSR count). The molecule has 0 saturated carbocycles. The van der Waals surface area contributed by atoms with E-state index in [1.807, 2.05) is 29.5 Å². The molecule has 0 amide bonds. The fourth-order valence-electron chi connectivity index (χ4n) is 2.32. The number of benzene rings is 1. The minimum atomic E-state index is -0.158. The molecule has 0 saturated heterocycles. The van der Waals surface area contributed by atoms with Crippen molar-refractivity contribution in [1.29, 1.82) is 0 Å². The van der Waals surface area contributed by atoms with E-state index in [9.17, 15) is 4.79 Å². The van der Waals surface area contributed by atoms with Crippen molar-refractivity contribution >= 4 is 17.1 Å². The molecule has 2 heterocycles. The van der Waals surface area contributed by atoms with Crippen molar-refractivity contribution in [1.82, 2.24) is 9.38 Å². The number of halogens is 1. The van der Waals surface area contributed by atoms with E-state index in [0.717, 1.165) is 17.0 Å². The number of H-pyrrole nitrogens is 1. The first kappa shape index (κ1) is 12.8. The number of aromatic amines is 1. The van der Waals surface area contributed by atoms with Gasteiger partial charge in [-0.1, -0.05) is 23.7 Å². The second-order valence-electron chi connectivity index (χ2n) is 4.56. The molecular weight excluding hydrogens is 276 g/mol. The highest BCUT2D eigenvalue weighted by Crippen LogP contribution is 2.25. The van der Waals surface area contributed by atoms with Crippen LogP contribution in [0, 0.1) is 6.92 Å². The first-order valence-corrected chi connectivity index (χ1v) is 6.53. The van der Waals surface area contributed by atoms with Crippen LogP contribution in [0.25, 0.3) is 16.8 Å². The van der Waals surface area contributed by atoms with Gasteiger partial charge in [-0.25, -0.2) is 0 Å². The number of nitrogens with one attached hydrogen (secondary N) is 1. The molecule has 0 aliphatic carbocycles. The first-order chi connectivity index (χ1) is 9.60. The second-order valence-corrected chi connectivity index (χ2v) is 5.00. The normalized spacial score (nSPS) is 10.9. The first-order valence-electron chi connectivity index (χ1n) is 6.15. The summed E-state index contributed by atoms with van der Waals surface area (Å²) in [5.41, 5.74) is 2.95. The number of methoxy groups -OCH3 is 1. The molecule has 0 fully saturated rings. The largest absolute Gasteiger partial charge is 0.495 e. The van der Waals surface area contributed by atoms with Crippen LogP contribution >= 0.6 is 11.6 Å². The lowest BCUT2D eigenvalue weighted by Gasteiger charge is -2.09. The summed E-state index contributed by atoms with van der Waals surface area (Å²) in [5, 5.41) is 0.632. The molecule has 0 spiro atoms. The Kier molecular flexibility index (Phi) is 3.03. The minimum absolute atomic E-state index is 0.158. The average Bonchev–Trinajstić information content (AvgIpc) is 2.88. The highest BCUT2D eigenvalue weighted by Gasteiger charge is 2.11. The molecule has 0 radical (unpaired) electrons. The lowest BCUT2D eigenvalue weighted by atomic mass is 10.1. The molecule has 20 heavy (non-hydrogen) atoms. The van der Waals surface area contributed by atoms with Gasteiger partial charge in [-0.05, 0) is 19.1 Å². The van der Waals surface area contributed by atoms with Gasteiger partial charge in [0.1, 0.15) is 11.3 Å². The van der Waals surface area contributed by atoms with Gasteiger partial charge in [-0.15, -0.1) is 0 Å². The van der Waals surface area contributed by atoms with Crippen molar-refractivity contribution in [2.75, 3.05) is 7.11 Å². The van der Waals surface area contributed by atoms with Crippen LogP contribution in [-0.4, -0.2) is 16.5 Å². The summed E-state index contributed by atoms with van der Waals surface area (Å²) < 4.78 is 7.01. The summed E-state index contributed by atoms with van der Waals surface area (Å²) >= 11 is 6.01. The number of hydrogen-bond acceptors (Lipinski definition) is 2. The molecule has 0 unspecified atom stereocenters. The van der Waals surface area contributed by atoms with Gasteiger partial charge >= 0.3 is 0 Å². The number of aryl methyl sites for hydroxylation is 1. The van der Waals surface area contributed by atoms with E-state index in [0.29, 0.717) is 16.3 Å². The molecule has 3 aromatic rings. The van der Waals surface area contributed by atoms with Crippen LogP contribution in [0.4, 0.5) is 0 Å². The van der Waals surface area contributed by atoms with Crippen LogP contribution in [0.2, 0.25) is 5.02 Å². The van der Waals surface area contributed by atoms with E-state index in [1.165, 1.54) is 0 Å². The van der Waals surface area contributed by atoms with E-state index in [1.54, 1.807) is 25.4 Å². The fourth-order valence-corrected chi connectivity index (χ4v) is 2.51. The summed E-state index contributed by atoms with van der Waals surface area (Å²) in [6.45, 7) is 1.94. The minimum Gasteiger partial charge on any atom is -0.495 e. The van der Waals surface area contributed by atoms with Gasteiger partial charge in [0.25, 0.3) is 5.56 Å². The van der Waals surface area contributed by atoms with Crippen LogP contribution in [0.5, 0.6) is 5.75 Å². The number of nitrogens with zero attached hydrogens (tertiary/aromatic N) is 1. The maximum atomic E-state index is 12.2. The van der Waals surface area contributed by atoms with Crippen molar-refractivity contribution < 1.29 is 4.74 Å². The summed E-state index contributed by atoms with van der Waals surface area (Å²) in [5.74, 6) is 0.654. The van der Waals surface area contributed by atoms with E-state index in [2.05, 4.69) is 4.98 Å². The molecule has 0 atom stereocenters. The van der Waals surface area contributed by atoms with Gasteiger partial charge in [0, 0.05) is 22.3 Å². The van der Waals surface area contributed by atoms with E-state index < -0.39 is 0 Å². The van der Waals surface area contributed by atoms with E-state index >= 15 is 0 Å². The topological polar surface area (TPSA) is 46.5 Å². The van der Waals surface area contributed by atoms with Gasteiger partial charge in [0.05, 0.1) is 19.0 Å². The van der Waals surface area contributed by atoms with Gasteiger partial charge in [-0.3, -0.25) is 4.79 Å². The Hall–Kier alpha value is -2.20. The highest BCUT2D eigenvalue weighted by atomic mass is 35.5. The lowest BCUT2D eigenvalue weighted by molar-refractivity contribution is 0.415. The smallest absolute Gasteiger partial charge is 0.272 e. The number of hydrogen-bond donors (Lipinski definition) is 1. The average molecular weight is 289 g/mol. The molecule has 4 nitrogen and oxygen atoms in total. The van der Waals surface area contributed by atoms with Crippen molar-refractivity contribution in [2.24, 2.45) is 0 Å². The Bertz CT molecular complexity index is 849. The third kappa shape index (κ3) is 1.98. The number of aromatic nitrogens is 2. The van der Waals surface area contributed by atoms with Crippen LogP contribution in [0.3, 0.4) is 0 Å². The van der Waals surface area contributed by atoms with Crippen LogP contribution < -0.4 is 10.3 Å². The zero-order chi connectivity index (χ0) is 14.3. The maximum Gasteiger partial charge on any atom is 0.272 e. The number of rotatable bonds is 2. The van der Waals surface area contributed by atoms with E-state index in [-0.39, 0.29) is 5.56 Å². The van der Waals surface area contributed by atoms with Crippen molar-refractivity contribution in [3.05, 3.63) is 57.6 Å². The summed E-state index contributed by atoms with van der Waals surface area (Å²) in [6.07, 6.45) is 1.80. The summed E-state index contributed by atoms with van der Waals surface area (Å²) in [7, 11) is 1.58. The van der Waals surface area contributed by atoms with Crippen molar-refractivity contribution in [3.8, 4) is 17.0 Å². The Morgan fingerprint density at radius 3 is 2.80 bits per heavy atom. The number of fused-ring (bicyclic) bond motifs is 1. The Morgan fingerprint density at radius 2 is 2.10 bits per heavy atom. The third-order valence-electron chi connectivity index (χ3n) is 3.34. The molecule has 1 N–H and O–H groups in total. The molecule has 0 aliphatic heterocycles. The monoisotopic (exact) mass is 288 g/mol. The Morgan fingerprint density at radius 1 is 1.30 bits per heavy atom. The van der Waals surface area contributed by atoms with Gasteiger partial charge in [-0.2, -0.15) is 0 Å². The van der Waals surface area contributed by atoms with E-state index in [4.69, 9.17) is 16.3 Å². The third-order valence-corrected chi connectivity index (χ3v) is 3.57. The maximum absolute atomic E-state index is 12.2. The SMILES string of the molecule is COc1cc2c(=O)[nH]c(-c3cccc(Cl)c3)c(C)n2c1. The zero-order valence-corrected chi connectivity index (χ0v) is 11.9. The lowest BCUT2D eigenvalue weighted by Crippen LogP contribution is -2.12. The Balaban J connectivity index is 2.32. The fraction of sp³-hybridized carbons (Fsp3) is 0.133. The van der Waals surface area contributed by atoms with Crippen LogP contribution in [-0.2, 0) is 0 Å². The molecule has 2 aromatic heterocycles. The van der Waals surface area contributed by atoms with Crippen LogP contribution in [0.15, 0.2) is 41.3 Å². The molecule has 0 bridgehead atoms. The Labute approximate surface area is 120 Å². The van der Waals surface area contributed by atoms with Gasteiger partial charge in [0.15, 0.2) is 0 Å². The highest BCUT2D eigenvalue weighted by molar-refractivity contribution is 6.30. The predicted octanol–water partition coefficient (Wildman–Crippen LogP) is 3.27. The second kappa shape index (κ2) is 4.72. The predicted molar refractivity (Wildman–Crippen MR) is 79.8 cm³/mol. The quantitative estimate of drug-likeness (QED) is 0.787. The molecule has 0 aliphatic rings. The van der Waals surface area contributed by atoms with Crippen molar-refractivity contribution in [2.45, 2.75) is 6.92 Å². The molecular formula is C15H13ClN2O2. The van der Waals surface area contributed by atoms with Crippen LogP contribution in [0.1, 0.15) is 5.69 Å². The molecule has 1 aromatic carbocycles. The summed E-state index contributed by atoms with van der Waals surface area (Å²) in [4.78, 5) is 15.1. The molecule has 102 valence electrons. The van der Waals surface area contributed by atoms with Gasteiger partial charge in [0.2, 0.25) is 0 Å². The number of ether oxygens (including phenoxy) is 1. The standard InChI is InChI=1S/C15H13ClN2O2/c1-9-14(10-4-3-5-11(16)6-10)17-15(19)13-7-12(20-2)8-18(9)13/h3-8H,1-2H3,(H,17,19).